The van der Waals surface area contributed by atoms with E-state index in [4.69, 9.17) is 26.9 Å². The normalized spacial score (nSPS) is 20.0. The number of aryl methyl sites for hydroxylation is 1. The van der Waals surface area contributed by atoms with Gasteiger partial charge in [0, 0.05) is 10.6 Å². The van der Waals surface area contributed by atoms with Crippen molar-refractivity contribution in [2.45, 2.75) is 26.4 Å². The lowest BCUT2D eigenvalue weighted by Gasteiger charge is -2.27. The summed E-state index contributed by atoms with van der Waals surface area (Å²) >= 11 is 6.17. The Kier molecular flexibility index (Phi) is 3.96. The third-order valence-corrected chi connectivity index (χ3v) is 4.32. The third kappa shape index (κ3) is 2.23. The minimum Gasteiger partial charge on any atom is -0.475 e. The molecule has 1 aromatic carbocycles. The zero-order valence-corrected chi connectivity index (χ0v) is 13.1. The van der Waals surface area contributed by atoms with Gasteiger partial charge in [-0.1, -0.05) is 23.7 Å². The van der Waals surface area contributed by atoms with E-state index in [1.54, 1.807) is 32.1 Å². The van der Waals surface area contributed by atoms with E-state index in [0.717, 1.165) is 11.1 Å². The minimum absolute atomic E-state index is 0.0317. The second kappa shape index (κ2) is 5.57. The van der Waals surface area contributed by atoms with Gasteiger partial charge < -0.3 is 4.74 Å². The van der Waals surface area contributed by atoms with Crippen molar-refractivity contribution in [3.63, 3.8) is 0 Å². The van der Waals surface area contributed by atoms with Gasteiger partial charge in [0.15, 0.2) is 16.9 Å². The largest absolute Gasteiger partial charge is 0.475 e. The fourth-order valence-electron chi connectivity index (χ4n) is 2.34. The van der Waals surface area contributed by atoms with Crippen molar-refractivity contribution in [1.82, 2.24) is 0 Å². The molecule has 1 aliphatic rings. The maximum absolute atomic E-state index is 9.36. The fraction of sp³-hybridized carbons (Fsp3) is 0.235. The number of nitrogens with zero attached hydrogens (tertiary/aromatic N) is 3. The van der Waals surface area contributed by atoms with Gasteiger partial charge in [-0.25, -0.2) is 0 Å². The molecule has 0 amide bonds. The minimum atomic E-state index is -0.934. The van der Waals surface area contributed by atoms with Crippen molar-refractivity contribution in [3.8, 4) is 18.2 Å². The summed E-state index contributed by atoms with van der Waals surface area (Å²) in [7, 11) is 0. The molecule has 1 unspecified atom stereocenters. The zero-order valence-electron chi connectivity index (χ0n) is 12.4. The van der Waals surface area contributed by atoms with E-state index in [9.17, 15) is 5.26 Å². The number of nitriles is 3. The first-order chi connectivity index (χ1) is 10.4. The molecular weight excluding hydrogens is 298 g/mol. The highest BCUT2D eigenvalue weighted by molar-refractivity contribution is 6.31. The molecule has 0 aromatic heterocycles. The average Bonchev–Trinajstić information content (AvgIpc) is 2.76. The van der Waals surface area contributed by atoms with Crippen LogP contribution in [0.3, 0.4) is 0 Å². The molecule has 5 heteroatoms. The van der Waals surface area contributed by atoms with Crippen molar-refractivity contribution in [2.24, 2.45) is 0 Å². The molecule has 0 radical (unpaired) electrons. The monoisotopic (exact) mass is 309 g/mol. The maximum Gasteiger partial charge on any atom is 0.172 e. The number of rotatable bonds is 1. The number of hydrogen-bond donors (Lipinski definition) is 0. The number of ether oxygens (including phenoxy) is 1. The molecule has 0 spiro atoms. The van der Waals surface area contributed by atoms with Crippen molar-refractivity contribution in [2.75, 3.05) is 0 Å². The van der Waals surface area contributed by atoms with Gasteiger partial charge in [-0.2, -0.15) is 15.8 Å². The Bertz CT molecular complexity index is 830. The van der Waals surface area contributed by atoms with Crippen LogP contribution < -0.4 is 0 Å². The van der Waals surface area contributed by atoms with Gasteiger partial charge in [0.1, 0.15) is 18.2 Å². The summed E-state index contributed by atoms with van der Waals surface area (Å²) in [4.78, 5) is 0. The van der Waals surface area contributed by atoms with Crippen molar-refractivity contribution in [3.05, 3.63) is 56.8 Å². The van der Waals surface area contributed by atoms with Gasteiger partial charge in [-0.3, -0.25) is 0 Å². The molecule has 108 valence electrons. The quantitative estimate of drug-likeness (QED) is 0.733. The molecular formula is C17H12ClN3O. The molecule has 22 heavy (non-hydrogen) atoms. The standard InChI is InChI=1S/C17H12ClN3O/c1-10-4-5-13(6-15(10)18)17(3)11(2)14(9-21)16(22-17)12(7-19)8-20/h4-6H,1-3H3. The zero-order chi connectivity index (χ0) is 16.5. The van der Waals surface area contributed by atoms with E-state index in [0.29, 0.717) is 10.6 Å². The van der Waals surface area contributed by atoms with Crippen molar-refractivity contribution >= 4 is 11.6 Å². The van der Waals surface area contributed by atoms with Gasteiger partial charge in [-0.05, 0) is 38.0 Å². The first-order valence-electron chi connectivity index (χ1n) is 6.51. The molecule has 4 nitrogen and oxygen atoms in total. The topological polar surface area (TPSA) is 80.6 Å². The van der Waals surface area contributed by atoms with Crippen LogP contribution in [0.4, 0.5) is 0 Å². The van der Waals surface area contributed by atoms with Gasteiger partial charge in [0.05, 0.1) is 5.57 Å². The molecule has 0 saturated heterocycles. The second-order valence-corrected chi connectivity index (χ2v) is 5.55. The first-order valence-corrected chi connectivity index (χ1v) is 6.88. The molecule has 0 N–H and O–H groups in total. The smallest absolute Gasteiger partial charge is 0.172 e. The van der Waals surface area contributed by atoms with E-state index >= 15 is 0 Å². The lowest BCUT2D eigenvalue weighted by molar-refractivity contribution is 0.0728. The van der Waals surface area contributed by atoms with Gasteiger partial charge in [0.25, 0.3) is 0 Å². The van der Waals surface area contributed by atoms with Crippen LogP contribution in [0, 0.1) is 40.9 Å². The predicted octanol–water partition coefficient (Wildman–Crippen LogP) is 4.04. The molecule has 0 bridgehead atoms. The molecule has 2 rings (SSSR count). The first kappa shape index (κ1) is 15.6. The Morgan fingerprint density at radius 3 is 2.32 bits per heavy atom. The summed E-state index contributed by atoms with van der Waals surface area (Å²) < 4.78 is 5.87. The van der Waals surface area contributed by atoms with Gasteiger partial charge in [0.2, 0.25) is 0 Å². The molecule has 0 saturated carbocycles. The number of allylic oxidation sites excluding steroid dienone is 2. The van der Waals surface area contributed by atoms with Gasteiger partial charge >= 0.3 is 0 Å². The Morgan fingerprint density at radius 1 is 1.18 bits per heavy atom. The summed E-state index contributed by atoms with van der Waals surface area (Å²) in [6, 6.07) is 11.1. The molecule has 1 heterocycles. The van der Waals surface area contributed by atoms with Crippen LogP contribution in [0.5, 0.6) is 0 Å². The third-order valence-electron chi connectivity index (χ3n) is 3.91. The Balaban J connectivity index is 2.69. The van der Waals surface area contributed by atoms with Crippen LogP contribution in [0.15, 0.2) is 40.7 Å². The Labute approximate surface area is 134 Å². The SMILES string of the molecule is CC1=C(C#N)C(=C(C#N)C#N)OC1(C)c1ccc(C)c(Cl)c1. The highest BCUT2D eigenvalue weighted by atomic mass is 35.5. The number of benzene rings is 1. The summed E-state index contributed by atoms with van der Waals surface area (Å²) in [6.07, 6.45) is 0. The highest BCUT2D eigenvalue weighted by Gasteiger charge is 2.42. The Hall–Kier alpha value is -2.74. The van der Waals surface area contributed by atoms with Gasteiger partial charge in [-0.15, -0.1) is 0 Å². The summed E-state index contributed by atoms with van der Waals surface area (Å²) in [5.74, 6) is 0.0317. The molecule has 1 atom stereocenters. The summed E-state index contributed by atoms with van der Waals surface area (Å²) in [5, 5.41) is 28.0. The predicted molar refractivity (Wildman–Crippen MR) is 81.2 cm³/mol. The van der Waals surface area contributed by atoms with Crippen molar-refractivity contribution < 1.29 is 4.74 Å². The summed E-state index contributed by atoms with van der Waals surface area (Å²) in [5.41, 5.74) is 1.41. The van der Waals surface area contributed by atoms with Crippen LogP contribution in [-0.4, -0.2) is 0 Å². The molecule has 0 aliphatic carbocycles. The molecule has 1 aromatic rings. The molecule has 1 aliphatic heterocycles. The van der Waals surface area contributed by atoms with E-state index in [1.807, 2.05) is 25.1 Å². The highest BCUT2D eigenvalue weighted by Crippen LogP contribution is 2.46. The second-order valence-electron chi connectivity index (χ2n) is 5.14. The van der Waals surface area contributed by atoms with E-state index in [-0.39, 0.29) is 16.9 Å². The summed E-state index contributed by atoms with van der Waals surface area (Å²) in [6.45, 7) is 5.44. The number of halogens is 1. The van der Waals surface area contributed by atoms with E-state index in [2.05, 4.69) is 0 Å². The Morgan fingerprint density at radius 2 is 1.82 bits per heavy atom. The van der Waals surface area contributed by atoms with E-state index in [1.165, 1.54) is 0 Å². The average molecular weight is 310 g/mol. The fourth-order valence-corrected chi connectivity index (χ4v) is 2.52. The number of hydrogen-bond acceptors (Lipinski definition) is 4. The molecule has 0 fully saturated rings. The van der Waals surface area contributed by atoms with Crippen LogP contribution >= 0.6 is 11.6 Å². The lowest BCUT2D eigenvalue weighted by Crippen LogP contribution is -2.23. The van der Waals surface area contributed by atoms with Crippen LogP contribution in [0.25, 0.3) is 0 Å². The van der Waals surface area contributed by atoms with Crippen LogP contribution in [0.1, 0.15) is 25.0 Å². The van der Waals surface area contributed by atoms with Crippen LogP contribution in [0.2, 0.25) is 5.02 Å². The maximum atomic E-state index is 9.36. The van der Waals surface area contributed by atoms with Crippen molar-refractivity contribution in [1.29, 1.82) is 15.8 Å². The van der Waals surface area contributed by atoms with Crippen LogP contribution in [-0.2, 0) is 10.3 Å². The lowest BCUT2D eigenvalue weighted by atomic mass is 9.87. The van der Waals surface area contributed by atoms with E-state index < -0.39 is 5.60 Å².